The highest BCUT2D eigenvalue weighted by Gasteiger charge is 2.27. The molecule has 2 atom stereocenters. The first-order chi connectivity index (χ1) is 8.99. The van der Waals surface area contributed by atoms with Gasteiger partial charge in [0.25, 0.3) is 0 Å². The molecular weight excluding hydrogens is 242 g/mol. The van der Waals surface area contributed by atoms with Crippen molar-refractivity contribution in [3.63, 3.8) is 0 Å². The molecule has 5 nitrogen and oxygen atoms in total. The average molecular weight is 269 g/mol. The second-order valence-corrected chi connectivity index (χ2v) is 5.37. The molecule has 1 saturated carbocycles. The van der Waals surface area contributed by atoms with Crippen LogP contribution in [0.4, 0.5) is 0 Å². The highest BCUT2D eigenvalue weighted by molar-refractivity contribution is 5.84. The Hall–Kier alpha value is -1.10. The van der Waals surface area contributed by atoms with Gasteiger partial charge in [-0.1, -0.05) is 6.42 Å². The molecule has 0 aromatic heterocycles. The van der Waals surface area contributed by atoms with Gasteiger partial charge < -0.3 is 15.5 Å². The van der Waals surface area contributed by atoms with Crippen LogP contribution in [0.2, 0.25) is 0 Å². The molecule has 110 valence electrons. The van der Waals surface area contributed by atoms with Gasteiger partial charge in [0, 0.05) is 32.6 Å². The van der Waals surface area contributed by atoms with Gasteiger partial charge in [-0.15, -0.1) is 0 Å². The molecular formula is C14H27N3O2. The number of hydrogen-bond donors (Lipinski definition) is 1. The van der Waals surface area contributed by atoms with Crippen LogP contribution in [-0.4, -0.2) is 54.3 Å². The molecule has 0 aliphatic heterocycles. The van der Waals surface area contributed by atoms with E-state index >= 15 is 0 Å². The van der Waals surface area contributed by atoms with Crippen LogP contribution in [0.25, 0.3) is 0 Å². The van der Waals surface area contributed by atoms with Crippen molar-refractivity contribution in [3.8, 4) is 0 Å². The summed E-state index contributed by atoms with van der Waals surface area (Å²) in [5.41, 5.74) is 5.97. The topological polar surface area (TPSA) is 66.6 Å². The summed E-state index contributed by atoms with van der Waals surface area (Å²) < 4.78 is 0. The van der Waals surface area contributed by atoms with Gasteiger partial charge in [-0.2, -0.15) is 0 Å². The minimum absolute atomic E-state index is 0.0107. The van der Waals surface area contributed by atoms with Gasteiger partial charge in [0.15, 0.2) is 0 Å². The normalized spacial score (nSPS) is 22.3. The van der Waals surface area contributed by atoms with Crippen molar-refractivity contribution in [2.75, 3.05) is 26.7 Å². The number of carbonyl (C=O) groups excluding carboxylic acids is 2. The summed E-state index contributed by atoms with van der Waals surface area (Å²) in [6.45, 7) is 5.43. The second-order valence-electron chi connectivity index (χ2n) is 5.37. The van der Waals surface area contributed by atoms with E-state index in [-0.39, 0.29) is 24.4 Å². The number of carbonyl (C=O) groups is 2. The van der Waals surface area contributed by atoms with E-state index in [1.54, 1.807) is 11.9 Å². The summed E-state index contributed by atoms with van der Waals surface area (Å²) in [7, 11) is 1.70. The molecule has 0 aromatic rings. The van der Waals surface area contributed by atoms with Crippen molar-refractivity contribution in [2.45, 2.75) is 45.6 Å². The Labute approximate surface area is 116 Å². The summed E-state index contributed by atoms with van der Waals surface area (Å²) in [6, 6.07) is 0.149. The Morgan fingerprint density at radius 2 is 1.79 bits per heavy atom. The first-order valence-electron chi connectivity index (χ1n) is 7.26. The Kier molecular flexibility index (Phi) is 6.28. The third-order valence-electron chi connectivity index (χ3n) is 4.07. The van der Waals surface area contributed by atoms with Crippen molar-refractivity contribution < 1.29 is 9.59 Å². The van der Waals surface area contributed by atoms with E-state index in [9.17, 15) is 9.59 Å². The van der Waals surface area contributed by atoms with Gasteiger partial charge in [0.1, 0.15) is 0 Å². The number of rotatable bonds is 6. The van der Waals surface area contributed by atoms with E-state index in [1.165, 1.54) is 4.90 Å². The fraction of sp³-hybridized carbons (Fsp3) is 0.857. The predicted molar refractivity (Wildman–Crippen MR) is 75.5 cm³/mol. The predicted octanol–water partition coefficient (Wildman–Crippen LogP) is 0.831. The first kappa shape index (κ1) is 16.0. The summed E-state index contributed by atoms with van der Waals surface area (Å²) in [5.74, 6) is 0.331. The molecule has 0 heterocycles. The monoisotopic (exact) mass is 269 g/mol. The highest BCUT2D eigenvalue weighted by atomic mass is 16.2. The summed E-state index contributed by atoms with van der Waals surface area (Å²) >= 11 is 0. The molecule has 1 fully saturated rings. The largest absolute Gasteiger partial charge is 0.342 e. The van der Waals surface area contributed by atoms with Crippen molar-refractivity contribution in [1.82, 2.24) is 9.80 Å². The summed E-state index contributed by atoms with van der Waals surface area (Å²) in [5, 5.41) is 0. The van der Waals surface area contributed by atoms with Gasteiger partial charge >= 0.3 is 0 Å². The summed E-state index contributed by atoms with van der Waals surface area (Å²) in [6.07, 6.45) is 3.63. The van der Waals surface area contributed by atoms with E-state index in [4.69, 9.17) is 5.73 Å². The minimum atomic E-state index is 0.0107. The molecule has 2 amide bonds. The number of likely N-dealkylation sites (N-methyl/N-ethyl adjacent to an activating group) is 2. The zero-order valence-electron chi connectivity index (χ0n) is 12.4. The maximum atomic E-state index is 12.1. The molecule has 1 aliphatic carbocycles. The Bertz CT molecular complexity index is 316. The maximum absolute atomic E-state index is 12.1. The average Bonchev–Trinajstić information content (AvgIpc) is 2.76. The minimum Gasteiger partial charge on any atom is -0.342 e. The number of hydrogen-bond acceptors (Lipinski definition) is 3. The van der Waals surface area contributed by atoms with Crippen LogP contribution >= 0.6 is 0 Å². The van der Waals surface area contributed by atoms with Crippen LogP contribution < -0.4 is 5.73 Å². The quantitative estimate of drug-likeness (QED) is 0.776. The lowest BCUT2D eigenvalue weighted by Gasteiger charge is -2.24. The Morgan fingerprint density at radius 1 is 1.16 bits per heavy atom. The van der Waals surface area contributed by atoms with E-state index in [0.29, 0.717) is 25.4 Å². The highest BCUT2D eigenvalue weighted by Crippen LogP contribution is 2.27. The van der Waals surface area contributed by atoms with Crippen LogP contribution in [0, 0.1) is 5.92 Å². The van der Waals surface area contributed by atoms with E-state index < -0.39 is 0 Å². The smallest absolute Gasteiger partial charge is 0.242 e. The van der Waals surface area contributed by atoms with Crippen LogP contribution in [0.3, 0.4) is 0 Å². The third-order valence-corrected chi connectivity index (χ3v) is 4.07. The van der Waals surface area contributed by atoms with Crippen molar-refractivity contribution >= 4 is 11.8 Å². The zero-order valence-corrected chi connectivity index (χ0v) is 12.4. The molecule has 2 N–H and O–H groups in total. The molecule has 0 saturated heterocycles. The Morgan fingerprint density at radius 3 is 2.26 bits per heavy atom. The van der Waals surface area contributed by atoms with Crippen molar-refractivity contribution in [3.05, 3.63) is 0 Å². The van der Waals surface area contributed by atoms with Gasteiger partial charge in [-0.25, -0.2) is 0 Å². The first-order valence-corrected chi connectivity index (χ1v) is 7.26. The molecule has 0 aromatic carbocycles. The standard InChI is InChI=1S/C14H27N3O2/c1-4-17(5-2)14(19)10-16(3)13(18)9-11-7-6-8-12(11)15/h11-12H,4-10,15H2,1-3H3/t11-,12+/m0/s1. The lowest BCUT2D eigenvalue weighted by atomic mass is 9.99. The maximum Gasteiger partial charge on any atom is 0.242 e. The molecule has 19 heavy (non-hydrogen) atoms. The molecule has 0 unspecified atom stereocenters. The van der Waals surface area contributed by atoms with Gasteiger partial charge in [-0.05, 0) is 32.6 Å². The van der Waals surface area contributed by atoms with Crippen LogP contribution in [0.5, 0.6) is 0 Å². The molecule has 0 radical (unpaired) electrons. The zero-order chi connectivity index (χ0) is 14.4. The molecule has 0 spiro atoms. The number of nitrogens with zero attached hydrogens (tertiary/aromatic N) is 2. The lowest BCUT2D eigenvalue weighted by molar-refractivity contribution is -0.139. The Balaban J connectivity index is 2.42. The molecule has 1 aliphatic rings. The van der Waals surface area contributed by atoms with E-state index in [1.807, 2.05) is 13.8 Å². The van der Waals surface area contributed by atoms with E-state index in [0.717, 1.165) is 19.3 Å². The summed E-state index contributed by atoms with van der Waals surface area (Å²) in [4.78, 5) is 27.3. The SMILES string of the molecule is CCN(CC)C(=O)CN(C)C(=O)C[C@@H]1CCC[C@H]1N. The van der Waals surface area contributed by atoms with Gasteiger partial charge in [0.2, 0.25) is 11.8 Å². The fourth-order valence-corrected chi connectivity index (χ4v) is 2.67. The molecule has 5 heteroatoms. The van der Waals surface area contributed by atoms with Crippen LogP contribution in [0.1, 0.15) is 39.5 Å². The number of amides is 2. The molecule has 1 rings (SSSR count). The van der Waals surface area contributed by atoms with Gasteiger partial charge in [-0.3, -0.25) is 9.59 Å². The van der Waals surface area contributed by atoms with E-state index in [2.05, 4.69) is 0 Å². The van der Waals surface area contributed by atoms with Crippen molar-refractivity contribution in [2.24, 2.45) is 11.7 Å². The number of nitrogens with two attached hydrogens (primary N) is 1. The third kappa shape index (κ3) is 4.49. The lowest BCUT2D eigenvalue weighted by Crippen LogP contribution is -2.42. The van der Waals surface area contributed by atoms with Crippen LogP contribution in [-0.2, 0) is 9.59 Å². The van der Waals surface area contributed by atoms with Crippen molar-refractivity contribution in [1.29, 1.82) is 0 Å². The van der Waals surface area contributed by atoms with Gasteiger partial charge in [0.05, 0.1) is 6.54 Å². The fourth-order valence-electron chi connectivity index (χ4n) is 2.67. The second kappa shape index (κ2) is 7.48. The molecule has 0 bridgehead atoms. The van der Waals surface area contributed by atoms with Crippen LogP contribution in [0.15, 0.2) is 0 Å².